The fraction of sp³-hybridized carbons (Fsp3) is 0.571. The summed E-state index contributed by atoms with van der Waals surface area (Å²) in [6.07, 6.45) is -1.67. The van der Waals surface area contributed by atoms with Crippen LogP contribution in [0.1, 0.15) is 44.2 Å². The third kappa shape index (κ3) is 2.03. The Hall–Kier alpha value is -1.03. The van der Waals surface area contributed by atoms with Crippen LogP contribution >= 0.6 is 0 Å². The van der Waals surface area contributed by atoms with Gasteiger partial charge in [0, 0.05) is 5.54 Å². The van der Waals surface area contributed by atoms with Crippen LogP contribution in [0.3, 0.4) is 0 Å². The quantitative estimate of drug-likeness (QED) is 0.806. The van der Waals surface area contributed by atoms with Crippen molar-refractivity contribution in [1.29, 1.82) is 0 Å². The fourth-order valence-corrected chi connectivity index (χ4v) is 2.88. The summed E-state index contributed by atoms with van der Waals surface area (Å²) in [5.41, 5.74) is 5.55. The molecule has 1 atom stereocenters. The Morgan fingerprint density at radius 1 is 1.17 bits per heavy atom. The molecule has 0 aliphatic heterocycles. The highest BCUT2D eigenvalue weighted by molar-refractivity contribution is 5.33. The summed E-state index contributed by atoms with van der Waals surface area (Å²) in [5.74, 6) is 0. The molecule has 0 heterocycles. The second-order valence-corrected chi connectivity index (χ2v) is 5.79. The van der Waals surface area contributed by atoms with Crippen molar-refractivity contribution in [2.24, 2.45) is 11.1 Å². The van der Waals surface area contributed by atoms with Crippen molar-refractivity contribution in [2.75, 3.05) is 0 Å². The van der Waals surface area contributed by atoms with Gasteiger partial charge in [-0.25, -0.2) is 0 Å². The van der Waals surface area contributed by atoms with Gasteiger partial charge in [0.25, 0.3) is 0 Å². The smallest absolute Gasteiger partial charge is 0.321 e. The first-order valence-electron chi connectivity index (χ1n) is 6.13. The van der Waals surface area contributed by atoms with Crippen LogP contribution in [0.2, 0.25) is 0 Å². The van der Waals surface area contributed by atoms with E-state index in [1.807, 2.05) is 13.8 Å². The molecule has 1 aromatic carbocycles. The van der Waals surface area contributed by atoms with Crippen LogP contribution < -0.4 is 5.73 Å². The van der Waals surface area contributed by atoms with Gasteiger partial charge in [0.15, 0.2) is 0 Å². The van der Waals surface area contributed by atoms with E-state index in [0.29, 0.717) is 5.56 Å². The average Bonchev–Trinajstić information content (AvgIpc) is 2.54. The maximum absolute atomic E-state index is 12.7. The molecule has 1 aliphatic rings. The monoisotopic (exact) mass is 257 g/mol. The standard InChI is InChI=1S/C14H18F3N/c1-12(2)7-4-8-13(12,18)10-5-3-6-11(9-10)14(15,16)17/h3,5-6,9H,4,7-8,18H2,1-2H3. The van der Waals surface area contributed by atoms with Gasteiger partial charge in [0.1, 0.15) is 0 Å². The van der Waals surface area contributed by atoms with Gasteiger partial charge in [-0.3, -0.25) is 0 Å². The van der Waals surface area contributed by atoms with Crippen LogP contribution in [0.5, 0.6) is 0 Å². The molecule has 2 rings (SSSR count). The first-order valence-corrected chi connectivity index (χ1v) is 6.13. The van der Waals surface area contributed by atoms with E-state index < -0.39 is 17.3 Å². The molecule has 0 aromatic heterocycles. The molecule has 0 radical (unpaired) electrons. The number of hydrogen-bond donors (Lipinski definition) is 1. The largest absolute Gasteiger partial charge is 0.416 e. The van der Waals surface area contributed by atoms with E-state index in [2.05, 4.69) is 0 Å². The second-order valence-electron chi connectivity index (χ2n) is 5.79. The van der Waals surface area contributed by atoms with Gasteiger partial charge in [0.05, 0.1) is 5.56 Å². The number of benzene rings is 1. The lowest BCUT2D eigenvalue weighted by Gasteiger charge is -2.39. The molecule has 1 saturated carbocycles. The van der Waals surface area contributed by atoms with Gasteiger partial charge in [0.2, 0.25) is 0 Å². The highest BCUT2D eigenvalue weighted by Gasteiger charge is 2.47. The molecule has 0 spiro atoms. The van der Waals surface area contributed by atoms with Crippen molar-refractivity contribution in [2.45, 2.75) is 44.8 Å². The van der Waals surface area contributed by atoms with Gasteiger partial charge >= 0.3 is 6.18 Å². The lowest BCUT2D eigenvalue weighted by atomic mass is 9.71. The van der Waals surface area contributed by atoms with Gasteiger partial charge in [-0.05, 0) is 36.0 Å². The third-order valence-electron chi connectivity index (χ3n) is 4.29. The molecule has 0 saturated heterocycles. The summed E-state index contributed by atoms with van der Waals surface area (Å²) < 4.78 is 38.2. The lowest BCUT2D eigenvalue weighted by molar-refractivity contribution is -0.137. The van der Waals surface area contributed by atoms with E-state index in [9.17, 15) is 13.2 Å². The molecule has 0 amide bonds. The van der Waals surface area contributed by atoms with Crippen LogP contribution in [-0.4, -0.2) is 0 Å². The Morgan fingerprint density at radius 2 is 1.83 bits per heavy atom. The maximum Gasteiger partial charge on any atom is 0.416 e. The zero-order valence-electron chi connectivity index (χ0n) is 10.6. The number of alkyl halides is 3. The van der Waals surface area contributed by atoms with E-state index >= 15 is 0 Å². The Kier molecular flexibility index (Phi) is 2.97. The fourth-order valence-electron chi connectivity index (χ4n) is 2.88. The van der Waals surface area contributed by atoms with Crippen molar-refractivity contribution in [1.82, 2.24) is 0 Å². The minimum atomic E-state index is -4.31. The lowest BCUT2D eigenvalue weighted by Crippen LogP contribution is -2.45. The molecule has 2 N–H and O–H groups in total. The topological polar surface area (TPSA) is 26.0 Å². The molecular formula is C14H18F3N. The number of halogens is 3. The van der Waals surface area contributed by atoms with Crippen LogP contribution in [0, 0.1) is 5.41 Å². The van der Waals surface area contributed by atoms with E-state index in [0.717, 1.165) is 25.3 Å². The molecule has 18 heavy (non-hydrogen) atoms. The van der Waals surface area contributed by atoms with Crippen LogP contribution in [0.15, 0.2) is 24.3 Å². The summed E-state index contributed by atoms with van der Waals surface area (Å²) in [6, 6.07) is 5.45. The first kappa shape index (κ1) is 13.4. The van der Waals surface area contributed by atoms with Crippen LogP contribution in [-0.2, 0) is 11.7 Å². The molecule has 1 unspecified atom stereocenters. The first-order chi connectivity index (χ1) is 8.17. The predicted octanol–water partition coefficient (Wildman–Crippen LogP) is 4.07. The highest BCUT2D eigenvalue weighted by Crippen LogP contribution is 2.50. The highest BCUT2D eigenvalue weighted by atomic mass is 19.4. The molecule has 1 aromatic rings. The second kappa shape index (κ2) is 3.98. The van der Waals surface area contributed by atoms with Crippen molar-refractivity contribution in [3.8, 4) is 0 Å². The molecule has 1 nitrogen and oxygen atoms in total. The van der Waals surface area contributed by atoms with E-state index in [1.54, 1.807) is 6.07 Å². The molecular weight excluding hydrogens is 239 g/mol. The Bertz CT molecular complexity index is 451. The van der Waals surface area contributed by atoms with Crippen molar-refractivity contribution >= 4 is 0 Å². The van der Waals surface area contributed by atoms with Crippen molar-refractivity contribution < 1.29 is 13.2 Å². The predicted molar refractivity (Wildman–Crippen MR) is 64.9 cm³/mol. The average molecular weight is 257 g/mol. The summed E-state index contributed by atoms with van der Waals surface area (Å²) in [7, 11) is 0. The normalized spacial score (nSPS) is 27.4. The van der Waals surface area contributed by atoms with E-state index in [4.69, 9.17) is 5.73 Å². The SMILES string of the molecule is CC1(C)CCCC1(N)c1cccc(C(F)(F)F)c1. The molecule has 1 aliphatic carbocycles. The Morgan fingerprint density at radius 3 is 2.33 bits per heavy atom. The minimum Gasteiger partial charge on any atom is -0.321 e. The van der Waals surface area contributed by atoms with Crippen molar-refractivity contribution in [3.05, 3.63) is 35.4 Å². The van der Waals surface area contributed by atoms with Gasteiger partial charge in [-0.1, -0.05) is 32.4 Å². The summed E-state index contributed by atoms with van der Waals surface area (Å²) in [5, 5.41) is 0. The van der Waals surface area contributed by atoms with E-state index in [1.165, 1.54) is 12.1 Å². The zero-order valence-corrected chi connectivity index (χ0v) is 10.6. The third-order valence-corrected chi connectivity index (χ3v) is 4.29. The van der Waals surface area contributed by atoms with Crippen LogP contribution in [0.4, 0.5) is 13.2 Å². The summed E-state index contributed by atoms with van der Waals surface area (Å²) >= 11 is 0. The van der Waals surface area contributed by atoms with Gasteiger partial charge in [-0.2, -0.15) is 13.2 Å². The Labute approximate surface area is 105 Å². The molecule has 4 heteroatoms. The molecule has 0 bridgehead atoms. The van der Waals surface area contributed by atoms with Crippen molar-refractivity contribution in [3.63, 3.8) is 0 Å². The minimum absolute atomic E-state index is 0.169. The Balaban J connectivity index is 2.46. The zero-order chi connectivity index (χ0) is 13.6. The van der Waals surface area contributed by atoms with Gasteiger partial charge in [-0.15, -0.1) is 0 Å². The number of nitrogens with two attached hydrogens (primary N) is 1. The van der Waals surface area contributed by atoms with E-state index in [-0.39, 0.29) is 5.41 Å². The maximum atomic E-state index is 12.7. The summed E-state index contributed by atoms with van der Waals surface area (Å²) in [4.78, 5) is 0. The number of rotatable bonds is 1. The molecule has 100 valence electrons. The molecule has 1 fully saturated rings. The number of hydrogen-bond acceptors (Lipinski definition) is 1. The van der Waals surface area contributed by atoms with Gasteiger partial charge < -0.3 is 5.73 Å². The van der Waals surface area contributed by atoms with Crippen LogP contribution in [0.25, 0.3) is 0 Å². The summed E-state index contributed by atoms with van der Waals surface area (Å²) in [6.45, 7) is 4.06.